The Labute approximate surface area is 193 Å². The van der Waals surface area contributed by atoms with Crippen molar-refractivity contribution in [3.8, 4) is 11.4 Å². The van der Waals surface area contributed by atoms with Gasteiger partial charge in [-0.3, -0.25) is 9.59 Å². The molecule has 2 amide bonds. The van der Waals surface area contributed by atoms with Gasteiger partial charge in [0.2, 0.25) is 5.91 Å². The highest BCUT2D eigenvalue weighted by Crippen LogP contribution is 2.20. The lowest BCUT2D eigenvalue weighted by atomic mass is 9.96. The van der Waals surface area contributed by atoms with Gasteiger partial charge < -0.3 is 15.0 Å². The largest absolute Gasteiger partial charge is 0.497 e. The van der Waals surface area contributed by atoms with Crippen LogP contribution in [0, 0.1) is 19.8 Å². The number of aromatic nitrogens is 3. The van der Waals surface area contributed by atoms with Crippen molar-refractivity contribution in [1.29, 1.82) is 0 Å². The van der Waals surface area contributed by atoms with Crippen molar-refractivity contribution in [2.24, 2.45) is 5.92 Å². The minimum Gasteiger partial charge on any atom is -0.497 e. The average Bonchev–Trinajstić information content (AvgIpc) is 3.30. The molecule has 1 aliphatic rings. The number of carbonyl (C=O) groups is 2. The molecule has 8 nitrogen and oxygen atoms in total. The molecule has 0 radical (unpaired) electrons. The minimum atomic E-state index is -0.234. The average molecular weight is 448 g/mol. The van der Waals surface area contributed by atoms with Gasteiger partial charge in [0.15, 0.2) is 0 Å². The number of rotatable bonds is 6. The molecular weight excluding hydrogens is 418 g/mol. The maximum atomic E-state index is 13.0. The Kier molecular flexibility index (Phi) is 6.72. The quantitative estimate of drug-likeness (QED) is 0.627. The van der Waals surface area contributed by atoms with Crippen LogP contribution in [0.25, 0.3) is 5.69 Å². The molecule has 1 aliphatic heterocycles. The summed E-state index contributed by atoms with van der Waals surface area (Å²) in [6.45, 7) is 5.35. The van der Waals surface area contributed by atoms with Crippen molar-refractivity contribution in [3.05, 3.63) is 71.0 Å². The third-order valence-electron chi connectivity index (χ3n) is 5.85. The van der Waals surface area contributed by atoms with Crippen LogP contribution in [-0.2, 0) is 11.3 Å². The number of nitrogens with zero attached hydrogens (tertiary/aromatic N) is 4. The molecule has 1 saturated heterocycles. The van der Waals surface area contributed by atoms with Gasteiger partial charge in [0.05, 0.1) is 31.5 Å². The van der Waals surface area contributed by atoms with Crippen molar-refractivity contribution in [2.75, 3.05) is 20.2 Å². The highest BCUT2D eigenvalue weighted by Gasteiger charge is 2.29. The normalized spacial score (nSPS) is 15.8. The first-order chi connectivity index (χ1) is 15.9. The van der Waals surface area contributed by atoms with Gasteiger partial charge in [0, 0.05) is 24.7 Å². The Balaban J connectivity index is 1.35. The Morgan fingerprint density at radius 2 is 1.94 bits per heavy atom. The highest BCUT2D eigenvalue weighted by molar-refractivity contribution is 5.95. The summed E-state index contributed by atoms with van der Waals surface area (Å²) in [5.74, 6) is 0.418. The molecular formula is C25H29N5O3. The van der Waals surface area contributed by atoms with Gasteiger partial charge in [0.1, 0.15) is 11.4 Å². The lowest BCUT2D eigenvalue weighted by molar-refractivity contribution is -0.126. The van der Waals surface area contributed by atoms with Crippen LogP contribution in [0.3, 0.4) is 0 Å². The second-order valence-corrected chi connectivity index (χ2v) is 8.54. The van der Waals surface area contributed by atoms with Gasteiger partial charge in [-0.25, -0.2) is 4.68 Å². The third-order valence-corrected chi connectivity index (χ3v) is 5.85. The first-order valence-corrected chi connectivity index (χ1v) is 11.1. The van der Waals surface area contributed by atoms with Crippen molar-refractivity contribution >= 4 is 11.8 Å². The van der Waals surface area contributed by atoms with E-state index in [0.717, 1.165) is 35.4 Å². The smallest absolute Gasteiger partial charge is 0.253 e. The molecule has 1 fully saturated rings. The molecule has 8 heteroatoms. The van der Waals surface area contributed by atoms with Crippen molar-refractivity contribution in [2.45, 2.75) is 33.2 Å². The van der Waals surface area contributed by atoms with E-state index in [1.54, 1.807) is 22.9 Å². The zero-order chi connectivity index (χ0) is 23.4. The monoisotopic (exact) mass is 447 g/mol. The van der Waals surface area contributed by atoms with Crippen LogP contribution < -0.4 is 10.1 Å². The summed E-state index contributed by atoms with van der Waals surface area (Å²) in [6.07, 6.45) is 3.35. The maximum Gasteiger partial charge on any atom is 0.253 e. The summed E-state index contributed by atoms with van der Waals surface area (Å²) in [7, 11) is 1.61. The lowest BCUT2D eigenvalue weighted by Crippen LogP contribution is -2.45. The van der Waals surface area contributed by atoms with Crippen molar-refractivity contribution in [3.63, 3.8) is 0 Å². The number of piperidine rings is 1. The molecule has 4 rings (SSSR count). The minimum absolute atomic E-state index is 0.0134. The van der Waals surface area contributed by atoms with E-state index in [-0.39, 0.29) is 24.3 Å². The zero-order valence-electron chi connectivity index (χ0n) is 19.2. The summed E-state index contributed by atoms with van der Waals surface area (Å²) in [5.41, 5.74) is 4.29. The molecule has 3 aromatic rings. The molecule has 0 bridgehead atoms. The number of hydrogen-bond acceptors (Lipinski definition) is 5. The van der Waals surface area contributed by atoms with Gasteiger partial charge in [-0.2, -0.15) is 0 Å². The number of methoxy groups -OCH3 is 1. The molecule has 33 heavy (non-hydrogen) atoms. The molecule has 1 atom stereocenters. The molecule has 0 aliphatic carbocycles. The molecule has 2 heterocycles. The highest BCUT2D eigenvalue weighted by atomic mass is 16.5. The second-order valence-electron chi connectivity index (χ2n) is 8.54. The summed E-state index contributed by atoms with van der Waals surface area (Å²) in [5, 5.41) is 11.3. The van der Waals surface area contributed by atoms with E-state index in [9.17, 15) is 9.59 Å². The summed E-state index contributed by atoms with van der Waals surface area (Å²) in [6, 6.07) is 13.4. The number of nitrogens with one attached hydrogen (secondary N) is 1. The summed E-state index contributed by atoms with van der Waals surface area (Å²) < 4.78 is 6.90. The van der Waals surface area contributed by atoms with Gasteiger partial charge in [-0.05, 0) is 51.0 Å². The second kappa shape index (κ2) is 9.85. The van der Waals surface area contributed by atoms with Crippen LogP contribution in [0.2, 0.25) is 0 Å². The van der Waals surface area contributed by atoms with Gasteiger partial charge in [0.25, 0.3) is 5.91 Å². The summed E-state index contributed by atoms with van der Waals surface area (Å²) >= 11 is 0. The number of hydrogen-bond donors (Lipinski definition) is 1. The first kappa shape index (κ1) is 22.5. The van der Waals surface area contributed by atoms with Crippen LogP contribution in [0.4, 0.5) is 0 Å². The Morgan fingerprint density at radius 1 is 1.15 bits per heavy atom. The molecule has 0 saturated carbocycles. The topological polar surface area (TPSA) is 89.4 Å². The predicted octanol–water partition coefficient (Wildman–Crippen LogP) is 3.06. The molecule has 1 N–H and O–H groups in total. The third kappa shape index (κ3) is 5.39. The standard InChI is InChI=1S/C25H29N5O3/c1-17-10-18(2)12-20(11-17)25(32)29-9-5-6-19(15-29)24(31)26-14-21-16-30(28-27-21)22-7-4-8-23(13-22)33-3/h4,7-8,10-13,16,19H,5-6,9,14-15H2,1-3H3,(H,26,31)/t19-/m0/s1. The number of amides is 2. The van der Waals surface area contributed by atoms with Crippen LogP contribution in [0.15, 0.2) is 48.7 Å². The van der Waals surface area contributed by atoms with Crippen LogP contribution >= 0.6 is 0 Å². The molecule has 0 spiro atoms. The van der Waals surface area contributed by atoms with Gasteiger partial charge in [-0.1, -0.05) is 28.5 Å². The zero-order valence-corrected chi connectivity index (χ0v) is 19.2. The SMILES string of the molecule is COc1cccc(-n2cc(CNC(=O)[C@H]3CCCN(C(=O)c4cc(C)cc(C)c4)C3)nn2)c1. The molecule has 1 aromatic heterocycles. The molecule has 0 unspecified atom stereocenters. The fourth-order valence-electron chi connectivity index (χ4n) is 4.24. The maximum absolute atomic E-state index is 13.0. The number of carbonyl (C=O) groups excluding carboxylic acids is 2. The number of aryl methyl sites for hydroxylation is 2. The van der Waals surface area contributed by atoms with E-state index in [1.807, 2.05) is 56.3 Å². The van der Waals surface area contributed by atoms with E-state index in [2.05, 4.69) is 15.6 Å². The van der Waals surface area contributed by atoms with Crippen LogP contribution in [0.1, 0.15) is 40.0 Å². The van der Waals surface area contributed by atoms with Crippen molar-refractivity contribution < 1.29 is 14.3 Å². The first-order valence-electron chi connectivity index (χ1n) is 11.1. The van der Waals surface area contributed by atoms with E-state index in [1.165, 1.54) is 0 Å². The van der Waals surface area contributed by atoms with Gasteiger partial charge in [-0.15, -0.1) is 5.10 Å². The molecule has 172 valence electrons. The number of benzene rings is 2. The fraction of sp³-hybridized carbons (Fsp3) is 0.360. The van der Waals surface area contributed by atoms with E-state index >= 15 is 0 Å². The Morgan fingerprint density at radius 3 is 2.70 bits per heavy atom. The van der Waals surface area contributed by atoms with Crippen molar-refractivity contribution in [1.82, 2.24) is 25.2 Å². The molecule has 2 aromatic carbocycles. The Bertz CT molecular complexity index is 1140. The van der Waals surface area contributed by atoms with Crippen LogP contribution in [0.5, 0.6) is 5.75 Å². The summed E-state index contributed by atoms with van der Waals surface area (Å²) in [4.78, 5) is 27.6. The van der Waals surface area contributed by atoms with Crippen LogP contribution in [-0.4, -0.2) is 51.9 Å². The predicted molar refractivity (Wildman–Crippen MR) is 124 cm³/mol. The fourth-order valence-corrected chi connectivity index (χ4v) is 4.24. The lowest BCUT2D eigenvalue weighted by Gasteiger charge is -2.32. The van der Waals surface area contributed by atoms with E-state index in [0.29, 0.717) is 24.3 Å². The Hall–Kier alpha value is -3.68. The van der Waals surface area contributed by atoms with Gasteiger partial charge >= 0.3 is 0 Å². The van der Waals surface area contributed by atoms with E-state index < -0.39 is 0 Å². The van der Waals surface area contributed by atoms with E-state index in [4.69, 9.17) is 4.74 Å². The number of likely N-dealkylation sites (tertiary alicyclic amines) is 1. The number of ether oxygens (including phenoxy) is 1.